The molecule has 1 atom stereocenters. The van der Waals surface area contributed by atoms with Crippen molar-refractivity contribution in [2.45, 2.75) is 25.8 Å². The van der Waals surface area contributed by atoms with Crippen LogP contribution in [-0.4, -0.2) is 45.9 Å². The van der Waals surface area contributed by atoms with Crippen LogP contribution in [0.4, 0.5) is 0 Å². The van der Waals surface area contributed by atoms with E-state index >= 15 is 0 Å². The van der Waals surface area contributed by atoms with Gasteiger partial charge in [0.05, 0.1) is 0 Å². The van der Waals surface area contributed by atoms with Crippen LogP contribution in [0.1, 0.15) is 19.8 Å². The zero-order valence-electron chi connectivity index (χ0n) is 9.35. The smallest absolute Gasteiger partial charge is 0.236 e. The van der Waals surface area contributed by atoms with Gasteiger partial charge < -0.3 is 15.8 Å². The lowest BCUT2D eigenvalue weighted by Gasteiger charge is -2.35. The molecule has 3 N–H and O–H groups in total. The van der Waals surface area contributed by atoms with Gasteiger partial charge in [0, 0.05) is 24.1 Å². The summed E-state index contributed by atoms with van der Waals surface area (Å²) in [4.78, 5) is 14.2. The Balaban J connectivity index is 2.13. The lowest BCUT2D eigenvalue weighted by Crippen LogP contribution is -2.50. The van der Waals surface area contributed by atoms with Gasteiger partial charge in [-0.05, 0) is 19.8 Å². The minimum absolute atomic E-state index is 0.0376. The predicted molar refractivity (Wildman–Crippen MR) is 63.6 cm³/mol. The van der Waals surface area contributed by atoms with Gasteiger partial charge in [0.1, 0.15) is 5.41 Å². The van der Waals surface area contributed by atoms with Crippen molar-refractivity contribution < 1.29 is 10.0 Å². The van der Waals surface area contributed by atoms with Gasteiger partial charge >= 0.3 is 0 Å². The molecule has 6 heteroatoms. The first kappa shape index (κ1) is 11.6. The van der Waals surface area contributed by atoms with Crippen molar-refractivity contribution in [3.63, 3.8) is 0 Å². The molecule has 1 unspecified atom stereocenters. The second kappa shape index (κ2) is 4.16. The molecule has 16 heavy (non-hydrogen) atoms. The maximum Gasteiger partial charge on any atom is 0.236 e. The minimum Gasteiger partial charge on any atom is -0.409 e. The molecule has 90 valence electrons. The van der Waals surface area contributed by atoms with Crippen LogP contribution < -0.4 is 5.73 Å². The van der Waals surface area contributed by atoms with E-state index in [-0.39, 0.29) is 17.8 Å². The number of thioether (sulfide) groups is 1. The van der Waals surface area contributed by atoms with Crippen molar-refractivity contribution in [2.24, 2.45) is 16.3 Å². The van der Waals surface area contributed by atoms with E-state index in [0.29, 0.717) is 12.8 Å². The van der Waals surface area contributed by atoms with Crippen molar-refractivity contribution >= 4 is 23.5 Å². The van der Waals surface area contributed by atoms with Crippen molar-refractivity contribution in [3.8, 4) is 0 Å². The lowest BCUT2D eigenvalue weighted by molar-refractivity contribution is -0.136. The van der Waals surface area contributed by atoms with E-state index < -0.39 is 5.41 Å². The van der Waals surface area contributed by atoms with Gasteiger partial charge in [-0.15, -0.1) is 0 Å². The Kier molecular flexibility index (Phi) is 3.01. The standard InChI is InChI=1S/C10H17N3O2S/c1-7-6-16-5-4-13(7)9(14)10(2-3-10)8(11)12-15/h7,15H,2-6H2,1H3,(H2,11,12). The molecule has 1 heterocycles. The summed E-state index contributed by atoms with van der Waals surface area (Å²) < 4.78 is 0. The molecule has 0 spiro atoms. The summed E-state index contributed by atoms with van der Waals surface area (Å²) in [5.41, 5.74) is 4.92. The molecule has 1 aliphatic carbocycles. The molecular formula is C10H17N3O2S. The number of carbonyl (C=O) groups excluding carboxylic acids is 1. The lowest BCUT2D eigenvalue weighted by atomic mass is 10.0. The summed E-state index contributed by atoms with van der Waals surface area (Å²) in [5, 5.41) is 11.7. The van der Waals surface area contributed by atoms with E-state index in [2.05, 4.69) is 5.16 Å². The van der Waals surface area contributed by atoms with Crippen LogP contribution in [0.15, 0.2) is 5.16 Å². The van der Waals surface area contributed by atoms with Crippen LogP contribution in [0.5, 0.6) is 0 Å². The van der Waals surface area contributed by atoms with Crippen molar-refractivity contribution in [1.82, 2.24) is 4.90 Å². The van der Waals surface area contributed by atoms with E-state index in [0.717, 1.165) is 18.1 Å². The highest BCUT2D eigenvalue weighted by Gasteiger charge is 2.56. The summed E-state index contributed by atoms with van der Waals surface area (Å²) >= 11 is 1.86. The number of carbonyl (C=O) groups is 1. The highest BCUT2D eigenvalue weighted by molar-refractivity contribution is 7.99. The number of amides is 1. The summed E-state index contributed by atoms with van der Waals surface area (Å²) in [7, 11) is 0. The first-order valence-corrected chi connectivity index (χ1v) is 6.64. The Bertz CT molecular complexity index is 328. The van der Waals surface area contributed by atoms with Crippen LogP contribution in [0, 0.1) is 5.41 Å². The molecule has 1 amide bonds. The molecule has 0 radical (unpaired) electrons. The molecule has 0 aromatic rings. The van der Waals surface area contributed by atoms with Crippen LogP contribution >= 0.6 is 11.8 Å². The number of hydrogen-bond donors (Lipinski definition) is 2. The Morgan fingerprint density at radius 3 is 2.81 bits per heavy atom. The number of rotatable bonds is 2. The Labute approximate surface area is 99.0 Å². The van der Waals surface area contributed by atoms with Gasteiger partial charge in [-0.1, -0.05) is 5.16 Å². The van der Waals surface area contributed by atoms with Crippen molar-refractivity contribution in [1.29, 1.82) is 0 Å². The Morgan fingerprint density at radius 2 is 2.31 bits per heavy atom. The third kappa shape index (κ3) is 1.75. The molecule has 2 fully saturated rings. The molecular weight excluding hydrogens is 226 g/mol. The van der Waals surface area contributed by atoms with Crippen LogP contribution in [-0.2, 0) is 4.79 Å². The molecule has 0 bridgehead atoms. The fourth-order valence-corrected chi connectivity index (χ4v) is 3.12. The summed E-state index contributed by atoms with van der Waals surface area (Å²) in [5.74, 6) is 2.05. The Morgan fingerprint density at radius 1 is 1.62 bits per heavy atom. The number of amidine groups is 1. The number of oxime groups is 1. The third-order valence-electron chi connectivity index (χ3n) is 3.39. The molecule has 0 aromatic carbocycles. The average molecular weight is 243 g/mol. The molecule has 1 saturated heterocycles. The average Bonchev–Trinajstić information content (AvgIpc) is 3.09. The fraction of sp³-hybridized carbons (Fsp3) is 0.800. The molecule has 2 rings (SSSR count). The quantitative estimate of drug-likeness (QED) is 0.320. The van der Waals surface area contributed by atoms with E-state index in [4.69, 9.17) is 10.9 Å². The Hall–Kier alpha value is -0.910. The molecule has 0 aromatic heterocycles. The van der Waals surface area contributed by atoms with Crippen LogP contribution in [0.25, 0.3) is 0 Å². The zero-order chi connectivity index (χ0) is 11.8. The van der Waals surface area contributed by atoms with Crippen molar-refractivity contribution in [3.05, 3.63) is 0 Å². The second-order valence-corrected chi connectivity index (χ2v) is 5.64. The SMILES string of the molecule is CC1CSCCN1C(=O)C1(C(N)=NO)CC1. The van der Waals surface area contributed by atoms with E-state index in [1.165, 1.54) is 0 Å². The van der Waals surface area contributed by atoms with E-state index in [1.54, 1.807) is 0 Å². The molecule has 1 aliphatic heterocycles. The molecule has 2 aliphatic rings. The fourth-order valence-electron chi connectivity index (χ4n) is 2.10. The van der Waals surface area contributed by atoms with Gasteiger partial charge in [0.2, 0.25) is 5.91 Å². The van der Waals surface area contributed by atoms with Gasteiger partial charge in [-0.3, -0.25) is 4.79 Å². The van der Waals surface area contributed by atoms with Crippen LogP contribution in [0.3, 0.4) is 0 Å². The van der Waals surface area contributed by atoms with Crippen molar-refractivity contribution in [2.75, 3.05) is 18.1 Å². The summed E-state index contributed by atoms with van der Waals surface area (Å²) in [6.07, 6.45) is 1.41. The summed E-state index contributed by atoms with van der Waals surface area (Å²) in [6, 6.07) is 0.246. The normalized spacial score (nSPS) is 28.9. The maximum absolute atomic E-state index is 12.3. The molecule has 5 nitrogen and oxygen atoms in total. The third-order valence-corrected chi connectivity index (χ3v) is 4.58. The second-order valence-electron chi connectivity index (χ2n) is 4.49. The zero-order valence-corrected chi connectivity index (χ0v) is 10.2. The predicted octanol–water partition coefficient (Wildman–Crippen LogP) is 0.477. The highest BCUT2D eigenvalue weighted by atomic mass is 32.2. The van der Waals surface area contributed by atoms with Gasteiger partial charge in [-0.2, -0.15) is 11.8 Å². The van der Waals surface area contributed by atoms with E-state index in [9.17, 15) is 4.79 Å². The molecule has 1 saturated carbocycles. The summed E-state index contributed by atoms with van der Waals surface area (Å²) in [6.45, 7) is 2.82. The van der Waals surface area contributed by atoms with Gasteiger partial charge in [-0.25, -0.2) is 0 Å². The van der Waals surface area contributed by atoms with Gasteiger partial charge in [0.15, 0.2) is 5.84 Å². The van der Waals surface area contributed by atoms with Crippen LogP contribution in [0.2, 0.25) is 0 Å². The van der Waals surface area contributed by atoms with Gasteiger partial charge in [0.25, 0.3) is 0 Å². The highest BCUT2D eigenvalue weighted by Crippen LogP contribution is 2.48. The first-order chi connectivity index (χ1) is 7.62. The maximum atomic E-state index is 12.3. The number of hydrogen-bond acceptors (Lipinski definition) is 4. The topological polar surface area (TPSA) is 78.9 Å². The first-order valence-electron chi connectivity index (χ1n) is 5.48. The largest absolute Gasteiger partial charge is 0.409 e. The number of nitrogens with zero attached hydrogens (tertiary/aromatic N) is 2. The minimum atomic E-state index is -0.689. The number of nitrogens with two attached hydrogens (primary N) is 1. The monoisotopic (exact) mass is 243 g/mol. The van der Waals surface area contributed by atoms with E-state index in [1.807, 2.05) is 23.6 Å².